The third-order valence-corrected chi connectivity index (χ3v) is 18.3. The maximum atomic E-state index is 15.6. The molecule has 2 aromatic heterocycles. The van der Waals surface area contributed by atoms with E-state index >= 15 is 8.78 Å². The van der Waals surface area contributed by atoms with Crippen LogP contribution in [-0.4, -0.2) is 155 Å². The molecule has 0 saturated carbocycles. The molecule has 9 aliphatic heterocycles. The minimum Gasteiger partial charge on any atom is -0.381 e. The first kappa shape index (κ1) is 48.3. The van der Waals surface area contributed by atoms with Gasteiger partial charge in [-0.05, 0) is 124 Å². The summed E-state index contributed by atoms with van der Waals surface area (Å²) in [6.45, 7) is 11.9. The molecule has 75 heavy (non-hydrogen) atoms. The fourth-order valence-electron chi connectivity index (χ4n) is 14.4. The standard InChI is InChI=1S/C56H65F2N11O6/c1-34(70)65-22-13-45-43(30-65)52(61-69(45)38-14-23-75-24-15-38)66-17-2-3-36-25-48(42(51(57)58)27-47(36)66)67-33-56(44-8-16-59-28-49(44)67)31-62(32-56)29-35-9-18-63(19-10-35)37-11-20-64(21-12-37)39-4-5-40-41(26-39)55(74)68(54(40)73)46-6-7-50(71)60-53(46)72/h4-5,8,16,25-28,35,37-38,46,51H,2-3,6-7,9-15,17-24,29-33H2,1H3,(H,60,71,72). The second-order valence-electron chi connectivity index (χ2n) is 22.6. The van der Waals surface area contributed by atoms with Gasteiger partial charge < -0.3 is 34.1 Å². The molecule has 19 heteroatoms. The molecule has 9 aliphatic rings. The van der Waals surface area contributed by atoms with Crippen molar-refractivity contribution in [3.63, 3.8) is 0 Å². The van der Waals surface area contributed by atoms with Gasteiger partial charge in [0.15, 0.2) is 5.82 Å². The summed E-state index contributed by atoms with van der Waals surface area (Å²) in [4.78, 5) is 82.9. The fourth-order valence-corrected chi connectivity index (χ4v) is 14.4. The summed E-state index contributed by atoms with van der Waals surface area (Å²) in [6, 6.07) is 10.9. The minimum absolute atomic E-state index is 0.0155. The van der Waals surface area contributed by atoms with Crippen LogP contribution in [0.15, 0.2) is 48.8 Å². The average Bonchev–Trinajstić information content (AvgIpc) is 4.07. The van der Waals surface area contributed by atoms with Gasteiger partial charge in [0.05, 0.1) is 41.3 Å². The van der Waals surface area contributed by atoms with E-state index in [0.717, 1.165) is 142 Å². The van der Waals surface area contributed by atoms with Crippen molar-refractivity contribution >= 4 is 58.1 Å². The number of amides is 5. The zero-order valence-corrected chi connectivity index (χ0v) is 42.7. The van der Waals surface area contributed by atoms with E-state index in [9.17, 15) is 24.0 Å². The Labute approximate surface area is 435 Å². The van der Waals surface area contributed by atoms with E-state index in [1.807, 2.05) is 29.4 Å². The van der Waals surface area contributed by atoms with Crippen LogP contribution in [0.25, 0.3) is 0 Å². The second kappa shape index (κ2) is 19.1. The molecule has 1 unspecified atom stereocenters. The number of likely N-dealkylation sites (tertiary alicyclic amines) is 2. The molecule has 0 radical (unpaired) electrons. The van der Waals surface area contributed by atoms with Crippen LogP contribution >= 0.6 is 0 Å². The Bertz CT molecular complexity index is 2970. The topological polar surface area (TPSA) is 160 Å². The van der Waals surface area contributed by atoms with Gasteiger partial charge in [0.25, 0.3) is 18.2 Å². The van der Waals surface area contributed by atoms with Gasteiger partial charge in [-0.3, -0.25) is 43.9 Å². The number of halogens is 2. The Kier molecular flexibility index (Phi) is 12.3. The van der Waals surface area contributed by atoms with Crippen molar-refractivity contribution < 1.29 is 37.5 Å². The van der Waals surface area contributed by atoms with Gasteiger partial charge in [-0.2, -0.15) is 5.10 Å². The van der Waals surface area contributed by atoms with E-state index in [1.165, 1.54) is 5.56 Å². The quantitative estimate of drug-likeness (QED) is 0.194. The Balaban J connectivity index is 0.649. The van der Waals surface area contributed by atoms with E-state index in [1.54, 1.807) is 25.1 Å². The van der Waals surface area contributed by atoms with Crippen molar-refractivity contribution in [2.24, 2.45) is 5.92 Å². The van der Waals surface area contributed by atoms with Crippen LogP contribution in [0.4, 0.5) is 37.3 Å². The zero-order chi connectivity index (χ0) is 51.3. The molecule has 5 fully saturated rings. The zero-order valence-electron chi connectivity index (χ0n) is 42.7. The van der Waals surface area contributed by atoms with Crippen molar-refractivity contribution in [1.82, 2.24) is 39.7 Å². The number of nitrogens with zero attached hydrogens (tertiary/aromatic N) is 10. The van der Waals surface area contributed by atoms with Gasteiger partial charge in [0, 0.05) is 131 Å². The highest BCUT2D eigenvalue weighted by Crippen LogP contribution is 2.52. The minimum atomic E-state index is -2.70. The first-order valence-corrected chi connectivity index (χ1v) is 27.4. The van der Waals surface area contributed by atoms with Crippen molar-refractivity contribution in [2.45, 2.75) is 114 Å². The molecule has 4 aromatic rings. The Morgan fingerprint density at radius 1 is 0.800 bits per heavy atom. The SMILES string of the molecule is CC(=O)N1CCc2c(c(N3CCCc4cc(N5CC6(CN(CC7CCN(C8CCN(c9ccc%10c(c9)C(=O)N(C9CCC(=O)NC9=O)C%10=O)CC8)CC7)C6)c6ccncc65)c(C(F)F)cc43)nn2C2CCOCC2)C1. The van der Waals surface area contributed by atoms with E-state index < -0.39 is 36.1 Å². The lowest BCUT2D eigenvalue weighted by molar-refractivity contribution is -0.136. The molecular weight excluding hydrogens is 961 g/mol. The third-order valence-electron chi connectivity index (χ3n) is 18.3. The Morgan fingerprint density at radius 2 is 1.59 bits per heavy atom. The summed E-state index contributed by atoms with van der Waals surface area (Å²) in [5.41, 5.74) is 7.97. The molecule has 17 nitrogen and oxygen atoms in total. The summed E-state index contributed by atoms with van der Waals surface area (Å²) in [7, 11) is 0. The highest BCUT2D eigenvalue weighted by atomic mass is 19.3. The summed E-state index contributed by atoms with van der Waals surface area (Å²) < 4.78 is 39.1. The lowest BCUT2D eigenvalue weighted by Gasteiger charge is -2.50. The van der Waals surface area contributed by atoms with Crippen LogP contribution in [0.1, 0.15) is 126 Å². The summed E-state index contributed by atoms with van der Waals surface area (Å²) in [5.74, 6) is -0.597. The van der Waals surface area contributed by atoms with Crippen LogP contribution in [0.2, 0.25) is 0 Å². The van der Waals surface area contributed by atoms with Gasteiger partial charge in [0.1, 0.15) is 6.04 Å². The number of carbonyl (C=O) groups excluding carboxylic acids is 5. The number of anilines is 5. The maximum Gasteiger partial charge on any atom is 0.265 e. The maximum absolute atomic E-state index is 15.6. The smallest absolute Gasteiger partial charge is 0.265 e. The van der Waals surface area contributed by atoms with Crippen molar-refractivity contribution in [2.75, 3.05) is 93.4 Å². The molecule has 1 atom stereocenters. The number of ether oxygens (including phenoxy) is 1. The number of pyridine rings is 1. The monoisotopic (exact) mass is 1030 g/mol. The van der Waals surface area contributed by atoms with Crippen LogP contribution in [0, 0.1) is 5.92 Å². The predicted molar refractivity (Wildman–Crippen MR) is 275 cm³/mol. The number of carbonyl (C=O) groups is 5. The van der Waals surface area contributed by atoms with Crippen LogP contribution in [-0.2, 0) is 43.9 Å². The number of piperidine rings is 3. The van der Waals surface area contributed by atoms with Crippen molar-refractivity contribution in [3.8, 4) is 0 Å². The predicted octanol–water partition coefficient (Wildman–Crippen LogP) is 6.04. The number of rotatable bonds is 9. The van der Waals surface area contributed by atoms with Crippen molar-refractivity contribution in [1.29, 1.82) is 0 Å². The van der Waals surface area contributed by atoms with Gasteiger partial charge in [0.2, 0.25) is 17.7 Å². The van der Waals surface area contributed by atoms with Gasteiger partial charge in [-0.15, -0.1) is 0 Å². The first-order chi connectivity index (χ1) is 36.4. The number of aromatic nitrogens is 3. The molecule has 0 bridgehead atoms. The average molecular weight is 1030 g/mol. The van der Waals surface area contributed by atoms with Gasteiger partial charge in [-0.25, -0.2) is 8.78 Å². The molecular formula is C56H65F2N11O6. The molecule has 1 N–H and O–H groups in total. The fraction of sp³-hybridized carbons (Fsp3) is 0.554. The number of alkyl halides is 2. The summed E-state index contributed by atoms with van der Waals surface area (Å²) in [5, 5.41) is 7.55. The number of fused-ring (bicyclic) bond motifs is 5. The molecule has 13 rings (SSSR count). The number of hydrogen-bond acceptors (Lipinski definition) is 13. The second-order valence-corrected chi connectivity index (χ2v) is 22.6. The third kappa shape index (κ3) is 8.38. The number of benzene rings is 2. The number of imide groups is 2. The van der Waals surface area contributed by atoms with Crippen LogP contribution < -0.4 is 20.0 Å². The lowest BCUT2D eigenvalue weighted by atomic mass is 9.75. The summed E-state index contributed by atoms with van der Waals surface area (Å²) in [6.07, 6.45) is 9.52. The van der Waals surface area contributed by atoms with E-state index in [0.29, 0.717) is 74.6 Å². The molecule has 11 heterocycles. The highest BCUT2D eigenvalue weighted by molar-refractivity contribution is 6.23. The van der Waals surface area contributed by atoms with E-state index in [-0.39, 0.29) is 35.8 Å². The van der Waals surface area contributed by atoms with Gasteiger partial charge in [-0.1, -0.05) is 0 Å². The lowest BCUT2D eigenvalue weighted by Crippen LogP contribution is -2.62. The number of nitrogens with one attached hydrogen (secondary N) is 1. The number of aryl methyl sites for hydroxylation is 1. The molecule has 0 aliphatic carbocycles. The van der Waals surface area contributed by atoms with Gasteiger partial charge >= 0.3 is 0 Å². The number of hydrogen-bond donors (Lipinski definition) is 1. The Morgan fingerprint density at radius 3 is 2.35 bits per heavy atom. The van der Waals surface area contributed by atoms with Crippen molar-refractivity contribution in [3.05, 3.63) is 87.9 Å². The molecule has 1 spiro atoms. The first-order valence-electron chi connectivity index (χ1n) is 27.4. The molecule has 5 amide bonds. The molecule has 5 saturated heterocycles. The summed E-state index contributed by atoms with van der Waals surface area (Å²) >= 11 is 0. The van der Waals surface area contributed by atoms with E-state index in [2.05, 4.69) is 45.5 Å². The van der Waals surface area contributed by atoms with E-state index in [4.69, 9.17) is 9.84 Å². The largest absolute Gasteiger partial charge is 0.381 e. The molecule has 2 aromatic carbocycles. The highest BCUT2D eigenvalue weighted by Gasteiger charge is 2.53. The normalized spacial score (nSPS) is 23.7. The molecule has 394 valence electrons. The van der Waals surface area contributed by atoms with Crippen LogP contribution in [0.3, 0.4) is 0 Å². The Hall–Kier alpha value is -6.31. The van der Waals surface area contributed by atoms with Crippen LogP contribution in [0.5, 0.6) is 0 Å².